The number of carbonyl (C=O) groups is 1. The summed E-state index contributed by atoms with van der Waals surface area (Å²) >= 11 is 0. The molecule has 2 rings (SSSR count). The molecule has 20 heavy (non-hydrogen) atoms. The van der Waals surface area contributed by atoms with E-state index >= 15 is 0 Å². The van der Waals surface area contributed by atoms with Gasteiger partial charge in [-0.25, -0.2) is 4.79 Å². The van der Waals surface area contributed by atoms with Gasteiger partial charge in [0.25, 0.3) is 0 Å². The van der Waals surface area contributed by atoms with Gasteiger partial charge < -0.3 is 4.74 Å². The van der Waals surface area contributed by atoms with Crippen LogP contribution < -0.4 is 0 Å². The molecule has 1 saturated heterocycles. The highest BCUT2D eigenvalue weighted by Crippen LogP contribution is 2.19. The Kier molecular flexibility index (Phi) is 5.36. The molecule has 1 aliphatic rings. The van der Waals surface area contributed by atoms with E-state index in [9.17, 15) is 4.79 Å². The van der Waals surface area contributed by atoms with Crippen molar-refractivity contribution in [3.8, 4) is 0 Å². The highest BCUT2D eigenvalue weighted by atomic mass is 16.5. The fraction of sp³-hybridized carbons (Fsp3) is 0.471. The zero-order valence-electron chi connectivity index (χ0n) is 12.3. The van der Waals surface area contributed by atoms with E-state index in [1.165, 1.54) is 26.4 Å². The molecule has 1 aromatic carbocycles. The van der Waals surface area contributed by atoms with Crippen molar-refractivity contribution in [3.63, 3.8) is 0 Å². The van der Waals surface area contributed by atoms with Gasteiger partial charge in [0, 0.05) is 12.6 Å². The van der Waals surface area contributed by atoms with Crippen molar-refractivity contribution in [2.45, 2.75) is 32.2 Å². The highest BCUT2D eigenvalue weighted by molar-refractivity contribution is 5.94. The Labute approximate surface area is 121 Å². The van der Waals surface area contributed by atoms with Crippen LogP contribution in [0, 0.1) is 0 Å². The molecule has 1 fully saturated rings. The molecule has 0 spiro atoms. The van der Waals surface area contributed by atoms with Crippen LogP contribution in [0.3, 0.4) is 0 Å². The van der Waals surface area contributed by atoms with E-state index in [4.69, 9.17) is 4.74 Å². The highest BCUT2D eigenvalue weighted by Gasteiger charge is 2.21. The van der Waals surface area contributed by atoms with Crippen molar-refractivity contribution in [2.24, 2.45) is 0 Å². The van der Waals surface area contributed by atoms with Gasteiger partial charge in [-0.05, 0) is 37.9 Å². The van der Waals surface area contributed by atoms with Crippen LogP contribution in [-0.2, 0) is 9.53 Å². The summed E-state index contributed by atoms with van der Waals surface area (Å²) in [6, 6.07) is 10.5. The SMILES string of the molecule is COC(=O)/C(=C\c1ccccc1)CN1CCCCC1C. The molecule has 1 unspecified atom stereocenters. The molecule has 0 saturated carbocycles. The third-order valence-electron chi connectivity index (χ3n) is 3.90. The van der Waals surface area contributed by atoms with Crippen LogP contribution in [0.5, 0.6) is 0 Å². The first kappa shape index (κ1) is 14.8. The second kappa shape index (κ2) is 7.25. The summed E-state index contributed by atoms with van der Waals surface area (Å²) in [5.74, 6) is -0.230. The van der Waals surface area contributed by atoms with Gasteiger partial charge in [-0.1, -0.05) is 36.8 Å². The van der Waals surface area contributed by atoms with E-state index in [2.05, 4.69) is 11.8 Å². The lowest BCUT2D eigenvalue weighted by Gasteiger charge is -2.33. The van der Waals surface area contributed by atoms with E-state index in [1.54, 1.807) is 0 Å². The molecule has 3 nitrogen and oxygen atoms in total. The first-order chi connectivity index (χ1) is 9.70. The fourth-order valence-corrected chi connectivity index (χ4v) is 2.66. The average molecular weight is 273 g/mol. The largest absolute Gasteiger partial charge is 0.466 e. The van der Waals surface area contributed by atoms with Crippen molar-refractivity contribution in [1.82, 2.24) is 4.90 Å². The topological polar surface area (TPSA) is 29.5 Å². The fourth-order valence-electron chi connectivity index (χ4n) is 2.66. The van der Waals surface area contributed by atoms with E-state index in [-0.39, 0.29) is 5.97 Å². The first-order valence-electron chi connectivity index (χ1n) is 7.28. The van der Waals surface area contributed by atoms with Crippen molar-refractivity contribution in [2.75, 3.05) is 20.2 Å². The van der Waals surface area contributed by atoms with Crippen molar-refractivity contribution in [3.05, 3.63) is 41.5 Å². The molecule has 0 radical (unpaired) electrons. The molecule has 3 heteroatoms. The van der Waals surface area contributed by atoms with Crippen LogP contribution in [-0.4, -0.2) is 37.1 Å². The summed E-state index contributed by atoms with van der Waals surface area (Å²) < 4.78 is 4.93. The van der Waals surface area contributed by atoms with Gasteiger partial charge in [-0.3, -0.25) is 4.90 Å². The van der Waals surface area contributed by atoms with Crippen LogP contribution in [0.4, 0.5) is 0 Å². The van der Waals surface area contributed by atoms with Crippen molar-refractivity contribution in [1.29, 1.82) is 0 Å². The van der Waals surface area contributed by atoms with Crippen LogP contribution in [0.1, 0.15) is 31.7 Å². The first-order valence-corrected chi connectivity index (χ1v) is 7.28. The van der Waals surface area contributed by atoms with Crippen LogP contribution in [0.25, 0.3) is 6.08 Å². The molecule has 0 amide bonds. The monoisotopic (exact) mass is 273 g/mol. The van der Waals surface area contributed by atoms with Gasteiger partial charge in [0.05, 0.1) is 12.7 Å². The molecule has 0 N–H and O–H groups in total. The number of carbonyl (C=O) groups excluding carboxylic acids is 1. The molecule has 1 aromatic rings. The predicted molar refractivity (Wildman–Crippen MR) is 81.3 cm³/mol. The van der Waals surface area contributed by atoms with Crippen molar-refractivity contribution >= 4 is 12.0 Å². The van der Waals surface area contributed by atoms with Crippen molar-refractivity contribution < 1.29 is 9.53 Å². The number of hydrogen-bond donors (Lipinski definition) is 0. The summed E-state index contributed by atoms with van der Waals surface area (Å²) in [6.45, 7) is 3.96. The van der Waals surface area contributed by atoms with Gasteiger partial charge in [-0.15, -0.1) is 0 Å². The molecular weight excluding hydrogens is 250 g/mol. The quantitative estimate of drug-likeness (QED) is 0.623. The number of nitrogens with zero attached hydrogens (tertiary/aromatic N) is 1. The minimum Gasteiger partial charge on any atom is -0.466 e. The van der Waals surface area contributed by atoms with Crippen LogP contribution >= 0.6 is 0 Å². The Morgan fingerprint density at radius 2 is 2.10 bits per heavy atom. The predicted octanol–water partition coefficient (Wildman–Crippen LogP) is 3.12. The van der Waals surface area contributed by atoms with E-state index < -0.39 is 0 Å². The Morgan fingerprint density at radius 1 is 1.35 bits per heavy atom. The van der Waals surface area contributed by atoms with Gasteiger partial charge in [0.1, 0.15) is 0 Å². The summed E-state index contributed by atoms with van der Waals surface area (Å²) in [4.78, 5) is 14.3. The maximum absolute atomic E-state index is 12.0. The van der Waals surface area contributed by atoms with E-state index in [0.29, 0.717) is 12.6 Å². The molecule has 1 atom stereocenters. The molecule has 1 heterocycles. The number of rotatable bonds is 4. The third kappa shape index (κ3) is 3.94. The smallest absolute Gasteiger partial charge is 0.335 e. The summed E-state index contributed by atoms with van der Waals surface area (Å²) in [7, 11) is 1.45. The second-order valence-corrected chi connectivity index (χ2v) is 5.39. The Morgan fingerprint density at radius 3 is 2.75 bits per heavy atom. The van der Waals surface area contributed by atoms with E-state index in [1.807, 2.05) is 36.4 Å². The molecule has 1 aliphatic heterocycles. The standard InChI is InChI=1S/C17H23NO2/c1-14-8-6-7-11-18(14)13-16(17(19)20-2)12-15-9-4-3-5-10-15/h3-5,9-10,12,14H,6-8,11,13H2,1-2H3/b16-12-. The van der Waals surface area contributed by atoms with Crippen LogP contribution in [0.2, 0.25) is 0 Å². The van der Waals surface area contributed by atoms with Gasteiger partial charge in [0.2, 0.25) is 0 Å². The van der Waals surface area contributed by atoms with Crippen LogP contribution in [0.15, 0.2) is 35.9 Å². The van der Waals surface area contributed by atoms with Gasteiger partial charge in [0.15, 0.2) is 0 Å². The third-order valence-corrected chi connectivity index (χ3v) is 3.90. The summed E-state index contributed by atoms with van der Waals surface area (Å²) in [5, 5.41) is 0. The molecule has 108 valence electrons. The Bertz CT molecular complexity index is 467. The zero-order valence-corrected chi connectivity index (χ0v) is 12.3. The average Bonchev–Trinajstić information content (AvgIpc) is 2.49. The lowest BCUT2D eigenvalue weighted by Crippen LogP contribution is -2.39. The summed E-state index contributed by atoms with van der Waals surface area (Å²) in [6.07, 6.45) is 5.64. The minimum atomic E-state index is -0.230. The molecule has 0 aromatic heterocycles. The minimum absolute atomic E-state index is 0.230. The normalized spacial score (nSPS) is 20.7. The maximum atomic E-state index is 12.0. The zero-order chi connectivity index (χ0) is 14.4. The number of benzene rings is 1. The molecule has 0 bridgehead atoms. The molecule has 0 aliphatic carbocycles. The number of esters is 1. The lowest BCUT2D eigenvalue weighted by molar-refractivity contribution is -0.136. The summed E-state index contributed by atoms with van der Waals surface area (Å²) in [5.41, 5.74) is 1.77. The molecular formula is C17H23NO2. The Hall–Kier alpha value is -1.61. The van der Waals surface area contributed by atoms with Gasteiger partial charge >= 0.3 is 5.97 Å². The second-order valence-electron chi connectivity index (χ2n) is 5.39. The maximum Gasteiger partial charge on any atom is 0.335 e. The number of piperidine rings is 1. The lowest BCUT2D eigenvalue weighted by atomic mass is 10.0. The number of likely N-dealkylation sites (tertiary alicyclic amines) is 1. The van der Waals surface area contributed by atoms with E-state index in [0.717, 1.165) is 17.7 Å². The number of methoxy groups -OCH3 is 1. The number of ether oxygens (including phenoxy) is 1. The number of hydrogen-bond acceptors (Lipinski definition) is 3. The Balaban J connectivity index is 2.15. The van der Waals surface area contributed by atoms with Gasteiger partial charge in [-0.2, -0.15) is 0 Å².